The summed E-state index contributed by atoms with van der Waals surface area (Å²) >= 11 is 3.37. The smallest absolute Gasteiger partial charge is 0.179 e. The third-order valence-electron chi connectivity index (χ3n) is 2.15. The lowest BCUT2D eigenvalue weighted by Gasteiger charge is -2.25. The molecule has 1 N–H and O–H groups in total. The van der Waals surface area contributed by atoms with Crippen molar-refractivity contribution in [1.29, 1.82) is 0 Å². The maximum absolute atomic E-state index is 12.1. The van der Waals surface area contributed by atoms with E-state index in [-0.39, 0.29) is 17.4 Å². The van der Waals surface area contributed by atoms with Crippen LogP contribution in [0.15, 0.2) is 28.7 Å². The number of benzene rings is 1. The number of Topliss-reactive ketones (excluding diaryl/α,β-unsaturated/α-hetero) is 1. The van der Waals surface area contributed by atoms with Gasteiger partial charge in [-0.3, -0.25) is 4.79 Å². The van der Waals surface area contributed by atoms with E-state index in [4.69, 9.17) is 0 Å². The zero-order valence-electron chi connectivity index (χ0n) is 10.2. The van der Waals surface area contributed by atoms with Gasteiger partial charge in [0.1, 0.15) is 0 Å². The molecule has 0 aromatic heterocycles. The van der Waals surface area contributed by atoms with Crippen LogP contribution >= 0.6 is 15.9 Å². The number of carbonyl (C=O) groups excluding carboxylic acids is 1. The molecular weight excluding hydrogens is 266 g/mol. The predicted octanol–water partition coefficient (Wildman–Crippen LogP) is 3.41. The van der Waals surface area contributed by atoms with Gasteiger partial charge in [-0.25, -0.2) is 0 Å². The quantitative estimate of drug-likeness (QED) is 0.862. The van der Waals surface area contributed by atoms with E-state index in [2.05, 4.69) is 42.0 Å². The molecule has 0 saturated carbocycles. The minimum atomic E-state index is -0.172. The zero-order valence-corrected chi connectivity index (χ0v) is 11.8. The monoisotopic (exact) mass is 283 g/mol. The Bertz CT molecular complexity index is 382. The summed E-state index contributed by atoms with van der Waals surface area (Å²) < 4.78 is 0.932. The summed E-state index contributed by atoms with van der Waals surface area (Å²) in [5, 5.41) is 3.27. The highest BCUT2D eigenvalue weighted by Crippen LogP contribution is 2.14. The first-order chi connectivity index (χ1) is 7.29. The number of nitrogens with one attached hydrogen (secondary N) is 1. The van der Waals surface area contributed by atoms with Gasteiger partial charge in [-0.1, -0.05) is 28.1 Å². The maximum Gasteiger partial charge on any atom is 0.179 e. The van der Waals surface area contributed by atoms with Crippen LogP contribution in [-0.4, -0.2) is 17.4 Å². The molecule has 0 amide bonds. The minimum absolute atomic E-state index is 0.0545. The average Bonchev–Trinajstić information content (AvgIpc) is 2.14. The highest BCUT2D eigenvalue weighted by molar-refractivity contribution is 9.10. The second kappa shape index (κ2) is 5.11. The van der Waals surface area contributed by atoms with E-state index in [0.717, 1.165) is 10.0 Å². The number of hydrogen-bond acceptors (Lipinski definition) is 2. The highest BCUT2D eigenvalue weighted by Gasteiger charge is 2.20. The molecule has 0 aliphatic rings. The molecule has 1 atom stereocenters. The van der Waals surface area contributed by atoms with Gasteiger partial charge >= 0.3 is 0 Å². The van der Waals surface area contributed by atoms with Crippen LogP contribution in [0.25, 0.3) is 0 Å². The molecule has 88 valence electrons. The van der Waals surface area contributed by atoms with E-state index >= 15 is 0 Å². The van der Waals surface area contributed by atoms with Crippen LogP contribution in [0.3, 0.4) is 0 Å². The number of halogens is 1. The van der Waals surface area contributed by atoms with Gasteiger partial charge in [0, 0.05) is 15.6 Å². The first kappa shape index (κ1) is 13.4. The molecule has 1 aromatic carbocycles. The number of hydrogen-bond donors (Lipinski definition) is 1. The molecule has 0 bridgehead atoms. The summed E-state index contributed by atoms with van der Waals surface area (Å²) in [6, 6.07) is 7.31. The molecule has 1 aromatic rings. The molecule has 0 aliphatic heterocycles. The number of ketones is 1. The van der Waals surface area contributed by atoms with Crippen LogP contribution in [0.2, 0.25) is 0 Å². The van der Waals surface area contributed by atoms with E-state index in [1.54, 1.807) is 0 Å². The van der Waals surface area contributed by atoms with Crippen molar-refractivity contribution >= 4 is 21.7 Å². The Hall–Kier alpha value is -0.670. The SMILES string of the molecule is C[C@@H](NC(C)(C)C)C(=O)c1cccc(Br)c1. The van der Waals surface area contributed by atoms with E-state index in [1.165, 1.54) is 0 Å². The van der Waals surface area contributed by atoms with Crippen molar-refractivity contribution in [1.82, 2.24) is 5.32 Å². The van der Waals surface area contributed by atoms with Gasteiger partial charge in [-0.15, -0.1) is 0 Å². The summed E-state index contributed by atoms with van der Waals surface area (Å²) in [5.41, 5.74) is 0.680. The maximum atomic E-state index is 12.1. The molecule has 3 heteroatoms. The summed E-state index contributed by atoms with van der Waals surface area (Å²) in [6.07, 6.45) is 0. The number of rotatable bonds is 3. The topological polar surface area (TPSA) is 29.1 Å². The van der Waals surface area contributed by atoms with Crippen LogP contribution in [0.4, 0.5) is 0 Å². The molecule has 0 unspecified atom stereocenters. The van der Waals surface area contributed by atoms with Gasteiger partial charge < -0.3 is 5.32 Å². The molecule has 0 heterocycles. The van der Waals surface area contributed by atoms with Crippen molar-refractivity contribution in [3.63, 3.8) is 0 Å². The van der Waals surface area contributed by atoms with Gasteiger partial charge in [0.25, 0.3) is 0 Å². The zero-order chi connectivity index (χ0) is 12.3. The van der Waals surface area contributed by atoms with Crippen molar-refractivity contribution in [3.8, 4) is 0 Å². The lowest BCUT2D eigenvalue weighted by atomic mass is 10.0. The molecule has 0 saturated heterocycles. The first-order valence-corrected chi connectivity index (χ1v) is 6.16. The second-order valence-electron chi connectivity index (χ2n) is 4.99. The minimum Gasteiger partial charge on any atom is -0.303 e. The second-order valence-corrected chi connectivity index (χ2v) is 5.91. The van der Waals surface area contributed by atoms with Crippen molar-refractivity contribution in [2.45, 2.75) is 39.3 Å². The van der Waals surface area contributed by atoms with Crippen molar-refractivity contribution in [2.24, 2.45) is 0 Å². The predicted molar refractivity (Wildman–Crippen MR) is 70.8 cm³/mol. The molecule has 2 nitrogen and oxygen atoms in total. The Morgan fingerprint density at radius 2 is 2.00 bits per heavy atom. The molecule has 1 rings (SSSR count). The molecule has 16 heavy (non-hydrogen) atoms. The molecule has 0 aliphatic carbocycles. The summed E-state index contributed by atoms with van der Waals surface area (Å²) in [7, 11) is 0. The van der Waals surface area contributed by atoms with Crippen molar-refractivity contribution in [2.75, 3.05) is 0 Å². The van der Waals surface area contributed by atoms with Crippen LogP contribution < -0.4 is 5.32 Å². The van der Waals surface area contributed by atoms with Crippen LogP contribution in [0.5, 0.6) is 0 Å². The van der Waals surface area contributed by atoms with E-state index in [0.29, 0.717) is 0 Å². The standard InChI is InChI=1S/C13H18BrNO/c1-9(15-13(2,3)4)12(16)10-6-5-7-11(14)8-10/h5-9,15H,1-4H3/t9-/m1/s1. The third-order valence-corrected chi connectivity index (χ3v) is 2.65. The summed E-state index contributed by atoms with van der Waals surface area (Å²) in [4.78, 5) is 12.1. The Balaban J connectivity index is 2.78. The van der Waals surface area contributed by atoms with Crippen LogP contribution in [0, 0.1) is 0 Å². The molecular formula is C13H18BrNO. The fourth-order valence-corrected chi connectivity index (χ4v) is 2.01. The fraction of sp³-hybridized carbons (Fsp3) is 0.462. The van der Waals surface area contributed by atoms with Crippen LogP contribution in [0.1, 0.15) is 38.1 Å². The Morgan fingerprint density at radius 3 is 2.50 bits per heavy atom. The Morgan fingerprint density at radius 1 is 1.38 bits per heavy atom. The van der Waals surface area contributed by atoms with Crippen molar-refractivity contribution in [3.05, 3.63) is 34.3 Å². The van der Waals surface area contributed by atoms with Gasteiger partial charge in [-0.2, -0.15) is 0 Å². The lowest BCUT2D eigenvalue weighted by Crippen LogP contribution is -2.46. The van der Waals surface area contributed by atoms with Gasteiger partial charge in [0.2, 0.25) is 0 Å². The third kappa shape index (κ3) is 4.06. The van der Waals surface area contributed by atoms with Crippen LogP contribution in [-0.2, 0) is 0 Å². The first-order valence-electron chi connectivity index (χ1n) is 5.37. The Kier molecular flexibility index (Phi) is 4.28. The summed E-state index contributed by atoms with van der Waals surface area (Å²) in [6.45, 7) is 8.06. The van der Waals surface area contributed by atoms with Crippen molar-refractivity contribution < 1.29 is 4.79 Å². The van der Waals surface area contributed by atoms with Gasteiger partial charge in [0.05, 0.1) is 6.04 Å². The van der Waals surface area contributed by atoms with Gasteiger partial charge in [0.15, 0.2) is 5.78 Å². The largest absolute Gasteiger partial charge is 0.303 e. The van der Waals surface area contributed by atoms with E-state index in [9.17, 15) is 4.79 Å². The number of carbonyl (C=O) groups is 1. The molecule has 0 spiro atoms. The van der Waals surface area contributed by atoms with E-state index in [1.807, 2.05) is 31.2 Å². The molecule has 0 fully saturated rings. The average molecular weight is 284 g/mol. The Labute approximate surface area is 106 Å². The normalized spacial score (nSPS) is 13.6. The van der Waals surface area contributed by atoms with Gasteiger partial charge in [-0.05, 0) is 39.8 Å². The van der Waals surface area contributed by atoms with E-state index < -0.39 is 0 Å². The highest BCUT2D eigenvalue weighted by atomic mass is 79.9. The fourth-order valence-electron chi connectivity index (χ4n) is 1.61. The lowest BCUT2D eigenvalue weighted by molar-refractivity contribution is 0.0935. The molecule has 0 radical (unpaired) electrons. The summed E-state index contributed by atoms with van der Waals surface area (Å²) in [5.74, 6) is 0.122.